The van der Waals surface area contributed by atoms with E-state index in [1.54, 1.807) is 23.4 Å². The molecule has 0 spiro atoms. The van der Waals surface area contributed by atoms with Crippen LogP contribution in [0.1, 0.15) is 23.9 Å². The Morgan fingerprint density at radius 3 is 3.08 bits per heavy atom. The lowest BCUT2D eigenvalue weighted by molar-refractivity contribution is -0.131. The third kappa shape index (κ3) is 3.81. The molecule has 24 heavy (non-hydrogen) atoms. The third-order valence-corrected chi connectivity index (χ3v) is 4.50. The van der Waals surface area contributed by atoms with E-state index in [4.69, 9.17) is 4.42 Å². The van der Waals surface area contributed by atoms with Gasteiger partial charge in [0, 0.05) is 12.7 Å². The highest BCUT2D eigenvalue weighted by molar-refractivity contribution is 7.99. The van der Waals surface area contributed by atoms with Crippen molar-refractivity contribution in [2.45, 2.75) is 25.6 Å². The summed E-state index contributed by atoms with van der Waals surface area (Å²) in [5, 5.41) is 7.16. The lowest BCUT2D eigenvalue weighted by Gasteiger charge is -2.33. The lowest BCUT2D eigenvalue weighted by Crippen LogP contribution is -2.43. The number of furan rings is 1. The smallest absolute Gasteiger partial charge is 0.232 e. The van der Waals surface area contributed by atoms with Crippen LogP contribution in [0.3, 0.4) is 0 Å². The number of rotatable bonds is 6. The Morgan fingerprint density at radius 2 is 2.33 bits per heavy atom. The molecule has 1 atom stereocenters. The normalized spacial score (nSPS) is 16.7. The first-order chi connectivity index (χ1) is 11.7. The minimum atomic E-state index is -0.147. The molecule has 7 nitrogen and oxygen atoms in total. The Balaban J connectivity index is 1.63. The zero-order valence-corrected chi connectivity index (χ0v) is 14.3. The molecular weight excluding hydrogens is 328 g/mol. The molecule has 0 aliphatic carbocycles. The molecule has 8 heteroatoms. The van der Waals surface area contributed by atoms with Crippen LogP contribution in [0.15, 0.2) is 35.1 Å². The summed E-state index contributed by atoms with van der Waals surface area (Å²) in [5.74, 6) is 1.17. The Morgan fingerprint density at radius 1 is 1.46 bits per heavy atom. The van der Waals surface area contributed by atoms with Crippen molar-refractivity contribution in [3.63, 3.8) is 0 Å². The molecule has 128 valence electrons. The van der Waals surface area contributed by atoms with E-state index in [-0.39, 0.29) is 24.3 Å². The quantitative estimate of drug-likeness (QED) is 0.854. The first-order valence-corrected chi connectivity index (χ1v) is 9.15. The zero-order chi connectivity index (χ0) is 16.9. The van der Waals surface area contributed by atoms with Crippen LogP contribution < -0.4 is 5.32 Å². The van der Waals surface area contributed by atoms with Crippen molar-refractivity contribution in [2.24, 2.45) is 0 Å². The van der Waals surface area contributed by atoms with Crippen molar-refractivity contribution in [2.75, 3.05) is 18.6 Å². The third-order valence-electron chi connectivity index (χ3n) is 3.96. The fourth-order valence-electron chi connectivity index (χ4n) is 2.83. The second-order valence-corrected chi connectivity index (χ2v) is 6.55. The number of nitrogens with one attached hydrogen (secondary N) is 1. The highest BCUT2D eigenvalue weighted by atomic mass is 32.2. The Kier molecular flexibility index (Phi) is 5.24. The fraction of sp³-hybridized carbons (Fsp3) is 0.438. The van der Waals surface area contributed by atoms with Crippen LogP contribution in [-0.2, 0) is 22.7 Å². The monoisotopic (exact) mass is 348 g/mol. The second kappa shape index (κ2) is 7.57. The number of fused-ring (bicyclic) bond motifs is 1. The van der Waals surface area contributed by atoms with Gasteiger partial charge in [0.15, 0.2) is 0 Å². The first-order valence-electron chi connectivity index (χ1n) is 7.75. The molecule has 3 rings (SSSR count). The number of thioether (sulfide) groups is 1. The van der Waals surface area contributed by atoms with Gasteiger partial charge in [-0.15, -0.1) is 0 Å². The largest absolute Gasteiger partial charge is 0.467 e. The highest BCUT2D eigenvalue weighted by Gasteiger charge is 2.29. The van der Waals surface area contributed by atoms with Crippen LogP contribution in [0.25, 0.3) is 0 Å². The van der Waals surface area contributed by atoms with Gasteiger partial charge >= 0.3 is 0 Å². The van der Waals surface area contributed by atoms with E-state index >= 15 is 0 Å². The van der Waals surface area contributed by atoms with Crippen molar-refractivity contribution in [1.29, 1.82) is 0 Å². The molecule has 0 unspecified atom stereocenters. The van der Waals surface area contributed by atoms with Gasteiger partial charge in [-0.05, 0) is 24.5 Å². The van der Waals surface area contributed by atoms with Gasteiger partial charge in [0.1, 0.15) is 5.76 Å². The average Bonchev–Trinajstić information content (AvgIpc) is 3.24. The van der Waals surface area contributed by atoms with Gasteiger partial charge in [0.05, 0.1) is 43.3 Å². The topological polar surface area (TPSA) is 80.4 Å². The maximum atomic E-state index is 12.2. The van der Waals surface area contributed by atoms with Crippen LogP contribution in [0, 0.1) is 0 Å². The fourth-order valence-corrected chi connectivity index (χ4v) is 3.26. The molecule has 2 aromatic rings. The molecule has 1 N–H and O–H groups in total. The predicted molar refractivity (Wildman–Crippen MR) is 90.2 cm³/mol. The van der Waals surface area contributed by atoms with E-state index in [1.165, 1.54) is 11.8 Å². The number of carbonyl (C=O) groups is 2. The molecule has 0 fully saturated rings. The zero-order valence-electron chi connectivity index (χ0n) is 13.5. The van der Waals surface area contributed by atoms with Crippen molar-refractivity contribution in [3.05, 3.63) is 42.1 Å². The molecule has 1 aliphatic rings. The molecule has 0 aromatic carbocycles. The van der Waals surface area contributed by atoms with Gasteiger partial charge in [0.2, 0.25) is 11.8 Å². The van der Waals surface area contributed by atoms with E-state index < -0.39 is 0 Å². The number of hydrogen-bond donors (Lipinski definition) is 1. The molecule has 3 heterocycles. The van der Waals surface area contributed by atoms with Crippen LogP contribution in [0.5, 0.6) is 0 Å². The van der Waals surface area contributed by atoms with E-state index in [9.17, 15) is 9.59 Å². The number of carbonyl (C=O) groups excluding carboxylic acids is 2. The average molecular weight is 348 g/mol. The maximum absolute atomic E-state index is 12.2. The van der Waals surface area contributed by atoms with Gasteiger partial charge in [-0.25, -0.2) is 0 Å². The second-order valence-electron chi connectivity index (χ2n) is 5.69. The molecule has 0 radical (unpaired) electrons. The minimum absolute atomic E-state index is 0.0861. The molecule has 2 aromatic heterocycles. The van der Waals surface area contributed by atoms with Gasteiger partial charge in [-0.2, -0.15) is 16.9 Å². The van der Waals surface area contributed by atoms with Gasteiger partial charge in [-0.1, -0.05) is 0 Å². The van der Waals surface area contributed by atoms with E-state index in [2.05, 4.69) is 10.4 Å². The van der Waals surface area contributed by atoms with Crippen molar-refractivity contribution in [1.82, 2.24) is 20.0 Å². The standard InChI is InChI=1S/C16H20N4O3S/c1-24-11-16(22)19-9-12-4-5-18-20(12)13(10-19)7-15(21)17-8-14-3-2-6-23-14/h2-6,13H,7-11H2,1H3,(H,17,21)/t13-/m0/s1. The van der Waals surface area contributed by atoms with E-state index in [1.807, 2.05) is 23.1 Å². The summed E-state index contributed by atoms with van der Waals surface area (Å²) in [5.41, 5.74) is 0.958. The summed E-state index contributed by atoms with van der Waals surface area (Å²) < 4.78 is 7.06. The molecular formula is C16H20N4O3S. The van der Waals surface area contributed by atoms with Crippen molar-refractivity contribution in [3.8, 4) is 0 Å². The van der Waals surface area contributed by atoms with E-state index in [0.29, 0.717) is 31.1 Å². The number of nitrogens with zero attached hydrogens (tertiary/aromatic N) is 3. The highest BCUT2D eigenvalue weighted by Crippen LogP contribution is 2.23. The molecule has 1 aliphatic heterocycles. The number of hydrogen-bond acceptors (Lipinski definition) is 5. The maximum Gasteiger partial charge on any atom is 0.232 e. The summed E-state index contributed by atoms with van der Waals surface area (Å²) in [6, 6.07) is 5.35. The summed E-state index contributed by atoms with van der Waals surface area (Å²) in [6.45, 7) is 1.41. The lowest BCUT2D eigenvalue weighted by atomic mass is 10.1. The summed E-state index contributed by atoms with van der Waals surface area (Å²) in [7, 11) is 0. The summed E-state index contributed by atoms with van der Waals surface area (Å²) in [6.07, 6.45) is 5.48. The Bertz CT molecular complexity index is 698. The SMILES string of the molecule is CSCC(=O)N1Cc2ccnn2[C@@H](CC(=O)NCc2ccco2)C1. The molecule has 0 saturated heterocycles. The van der Waals surface area contributed by atoms with Crippen LogP contribution in [0.4, 0.5) is 0 Å². The molecule has 2 amide bonds. The number of amides is 2. The van der Waals surface area contributed by atoms with Crippen molar-refractivity contribution >= 4 is 23.6 Å². The van der Waals surface area contributed by atoms with Crippen molar-refractivity contribution < 1.29 is 14.0 Å². The van der Waals surface area contributed by atoms with E-state index in [0.717, 1.165) is 5.69 Å². The number of aromatic nitrogens is 2. The Hall–Kier alpha value is -2.22. The van der Waals surface area contributed by atoms with Crippen LogP contribution in [0.2, 0.25) is 0 Å². The molecule has 0 bridgehead atoms. The van der Waals surface area contributed by atoms with Gasteiger partial charge < -0.3 is 14.6 Å². The summed E-state index contributed by atoms with van der Waals surface area (Å²) in [4.78, 5) is 26.2. The first kappa shape index (κ1) is 16.6. The predicted octanol–water partition coefficient (Wildman–Crippen LogP) is 1.43. The molecule has 0 saturated carbocycles. The Labute approximate surface area is 144 Å². The van der Waals surface area contributed by atoms with Gasteiger partial charge in [-0.3, -0.25) is 14.3 Å². The summed E-state index contributed by atoms with van der Waals surface area (Å²) >= 11 is 1.51. The van der Waals surface area contributed by atoms with Gasteiger partial charge in [0.25, 0.3) is 0 Å². The van der Waals surface area contributed by atoms with Crippen LogP contribution in [-0.4, -0.2) is 45.0 Å². The minimum Gasteiger partial charge on any atom is -0.467 e. The van der Waals surface area contributed by atoms with Crippen LogP contribution >= 0.6 is 11.8 Å².